The van der Waals surface area contributed by atoms with Gasteiger partial charge in [0, 0.05) is 25.6 Å². The van der Waals surface area contributed by atoms with Crippen LogP contribution >= 0.6 is 23.1 Å². The molecule has 2 heterocycles. The number of ether oxygens (including phenoxy) is 2. The maximum Gasteiger partial charge on any atom is 0.233 e. The molecule has 4 nitrogen and oxygen atoms in total. The van der Waals surface area contributed by atoms with Gasteiger partial charge in [0.2, 0.25) is 5.91 Å². The van der Waals surface area contributed by atoms with Crippen molar-refractivity contribution in [3.63, 3.8) is 0 Å². The number of hydrogen-bond donors (Lipinski definition) is 0. The second-order valence-corrected chi connectivity index (χ2v) is 6.10. The van der Waals surface area contributed by atoms with Crippen LogP contribution in [0.15, 0.2) is 17.5 Å². The van der Waals surface area contributed by atoms with Gasteiger partial charge >= 0.3 is 0 Å². The van der Waals surface area contributed by atoms with Crippen molar-refractivity contribution in [1.82, 2.24) is 4.90 Å². The summed E-state index contributed by atoms with van der Waals surface area (Å²) >= 11 is 3.30. The molecule has 1 aromatic rings. The Kier molecular flexibility index (Phi) is 5.05. The minimum absolute atomic E-state index is 0.0348. The summed E-state index contributed by atoms with van der Waals surface area (Å²) in [7, 11) is 3.21. The number of carbonyl (C=O) groups excluding carboxylic acids is 1. The minimum atomic E-state index is -0.357. The second kappa shape index (κ2) is 6.56. The van der Waals surface area contributed by atoms with Gasteiger partial charge in [0.15, 0.2) is 6.29 Å². The first kappa shape index (κ1) is 13.9. The molecule has 0 bridgehead atoms. The second-order valence-electron chi connectivity index (χ2n) is 3.96. The number of thiophene rings is 1. The summed E-state index contributed by atoms with van der Waals surface area (Å²) in [5, 5.41) is 2.02. The molecule has 1 saturated heterocycles. The summed E-state index contributed by atoms with van der Waals surface area (Å²) in [4.78, 5) is 15.0. The summed E-state index contributed by atoms with van der Waals surface area (Å²) in [5.41, 5.74) is 0. The van der Waals surface area contributed by atoms with Crippen molar-refractivity contribution in [3.05, 3.63) is 22.4 Å². The van der Waals surface area contributed by atoms with E-state index in [4.69, 9.17) is 9.47 Å². The maximum absolute atomic E-state index is 11.9. The molecular weight excluding hydrogens is 270 g/mol. The molecule has 0 aromatic carbocycles. The molecule has 1 aliphatic heterocycles. The first-order valence-electron chi connectivity index (χ1n) is 5.75. The van der Waals surface area contributed by atoms with Gasteiger partial charge in [-0.2, -0.15) is 0 Å². The number of hydrogen-bond acceptors (Lipinski definition) is 5. The number of methoxy groups -OCH3 is 2. The monoisotopic (exact) mass is 287 g/mol. The van der Waals surface area contributed by atoms with Crippen molar-refractivity contribution in [1.29, 1.82) is 0 Å². The van der Waals surface area contributed by atoms with Crippen LogP contribution in [0, 0.1) is 0 Å². The van der Waals surface area contributed by atoms with Crippen LogP contribution in [0.1, 0.15) is 4.88 Å². The van der Waals surface area contributed by atoms with Crippen LogP contribution < -0.4 is 0 Å². The van der Waals surface area contributed by atoms with Crippen molar-refractivity contribution in [2.24, 2.45) is 0 Å². The molecule has 0 radical (unpaired) electrons. The van der Waals surface area contributed by atoms with Crippen molar-refractivity contribution >= 4 is 29.0 Å². The summed E-state index contributed by atoms with van der Waals surface area (Å²) < 4.78 is 10.5. The highest BCUT2D eigenvalue weighted by Gasteiger charge is 2.37. The third-order valence-corrected chi connectivity index (χ3v) is 5.05. The third-order valence-electron chi connectivity index (χ3n) is 2.88. The SMILES string of the molecule is COC(OC)C1SCC(=O)N1CCc1cccs1. The molecule has 1 unspecified atom stereocenters. The van der Waals surface area contributed by atoms with Crippen LogP contribution in [-0.4, -0.2) is 49.0 Å². The summed E-state index contributed by atoms with van der Waals surface area (Å²) in [6, 6.07) is 4.13. The Bertz CT molecular complexity index is 379. The van der Waals surface area contributed by atoms with E-state index in [9.17, 15) is 4.79 Å². The zero-order chi connectivity index (χ0) is 13.0. The Morgan fingerprint density at radius 1 is 1.50 bits per heavy atom. The van der Waals surface area contributed by atoms with E-state index < -0.39 is 0 Å². The molecule has 1 aromatic heterocycles. The smallest absolute Gasteiger partial charge is 0.233 e. The fourth-order valence-electron chi connectivity index (χ4n) is 1.96. The highest BCUT2D eigenvalue weighted by Crippen LogP contribution is 2.29. The van der Waals surface area contributed by atoms with Crippen LogP contribution in [0.5, 0.6) is 0 Å². The van der Waals surface area contributed by atoms with Crippen LogP contribution in [0.25, 0.3) is 0 Å². The fraction of sp³-hybridized carbons (Fsp3) is 0.583. The first-order valence-corrected chi connectivity index (χ1v) is 7.68. The standard InChI is InChI=1S/C12H17NO3S2/c1-15-12(16-2)11-13(10(14)8-18-11)6-5-9-4-3-7-17-9/h3-4,7,11-12H,5-6,8H2,1-2H3. The summed E-state index contributed by atoms with van der Waals surface area (Å²) in [6.45, 7) is 0.722. The molecule has 100 valence electrons. The van der Waals surface area contributed by atoms with Crippen molar-refractivity contribution in [3.8, 4) is 0 Å². The van der Waals surface area contributed by atoms with Gasteiger partial charge in [-0.3, -0.25) is 4.79 Å². The molecule has 1 amide bonds. The quantitative estimate of drug-likeness (QED) is 0.748. The van der Waals surface area contributed by atoms with Crippen LogP contribution in [0.2, 0.25) is 0 Å². The molecule has 2 rings (SSSR count). The lowest BCUT2D eigenvalue weighted by molar-refractivity contribution is -0.145. The predicted octanol–water partition coefficient (Wildman–Crippen LogP) is 1.81. The molecule has 0 spiro atoms. The van der Waals surface area contributed by atoms with Gasteiger partial charge in [0.1, 0.15) is 5.37 Å². The van der Waals surface area contributed by atoms with E-state index in [0.29, 0.717) is 5.75 Å². The molecule has 1 atom stereocenters. The number of amides is 1. The Balaban J connectivity index is 1.96. The van der Waals surface area contributed by atoms with Crippen LogP contribution in [0.3, 0.4) is 0 Å². The lowest BCUT2D eigenvalue weighted by Gasteiger charge is -2.28. The van der Waals surface area contributed by atoms with Gasteiger partial charge in [-0.15, -0.1) is 23.1 Å². The average molecular weight is 287 g/mol. The molecule has 6 heteroatoms. The Hall–Kier alpha value is -0.560. The molecule has 1 fully saturated rings. The van der Waals surface area contributed by atoms with Gasteiger partial charge in [0.05, 0.1) is 5.75 Å². The molecular formula is C12H17NO3S2. The largest absolute Gasteiger partial charge is 0.353 e. The minimum Gasteiger partial charge on any atom is -0.353 e. The van der Waals surface area contributed by atoms with Gasteiger partial charge in [-0.05, 0) is 17.9 Å². The Morgan fingerprint density at radius 3 is 2.89 bits per heavy atom. The Labute approximate surface area is 115 Å². The normalized spacial score (nSPS) is 20.1. The number of thioether (sulfide) groups is 1. The van der Waals surface area contributed by atoms with Gasteiger partial charge < -0.3 is 14.4 Å². The molecule has 0 aliphatic carbocycles. The van der Waals surface area contributed by atoms with Gasteiger partial charge in [-0.25, -0.2) is 0 Å². The first-order chi connectivity index (χ1) is 8.76. The van der Waals surface area contributed by atoms with E-state index in [0.717, 1.165) is 13.0 Å². The van der Waals surface area contributed by atoms with Crippen LogP contribution in [0.4, 0.5) is 0 Å². The summed E-state index contributed by atoms with van der Waals surface area (Å²) in [6.07, 6.45) is 0.533. The van der Waals surface area contributed by atoms with E-state index in [1.165, 1.54) is 4.88 Å². The van der Waals surface area contributed by atoms with E-state index in [1.54, 1.807) is 37.3 Å². The van der Waals surface area contributed by atoms with Crippen LogP contribution in [-0.2, 0) is 20.7 Å². The number of rotatable bonds is 6. The zero-order valence-electron chi connectivity index (χ0n) is 10.5. The number of carbonyl (C=O) groups is 1. The average Bonchev–Trinajstić information content (AvgIpc) is 2.99. The van der Waals surface area contributed by atoms with E-state index in [2.05, 4.69) is 11.4 Å². The molecule has 0 saturated carbocycles. The highest BCUT2D eigenvalue weighted by atomic mass is 32.2. The van der Waals surface area contributed by atoms with E-state index >= 15 is 0 Å². The predicted molar refractivity (Wildman–Crippen MR) is 73.8 cm³/mol. The van der Waals surface area contributed by atoms with Crippen molar-refractivity contribution in [2.45, 2.75) is 18.1 Å². The third kappa shape index (κ3) is 3.06. The Morgan fingerprint density at radius 2 is 2.28 bits per heavy atom. The highest BCUT2D eigenvalue weighted by molar-refractivity contribution is 8.01. The number of nitrogens with zero attached hydrogens (tertiary/aromatic N) is 1. The van der Waals surface area contributed by atoms with Crippen molar-refractivity contribution in [2.75, 3.05) is 26.5 Å². The lowest BCUT2D eigenvalue weighted by atomic mass is 10.3. The topological polar surface area (TPSA) is 38.8 Å². The van der Waals surface area contributed by atoms with E-state index in [1.807, 2.05) is 11.0 Å². The molecule has 18 heavy (non-hydrogen) atoms. The van der Waals surface area contributed by atoms with E-state index in [-0.39, 0.29) is 17.6 Å². The lowest BCUT2D eigenvalue weighted by Crippen LogP contribution is -2.42. The summed E-state index contributed by atoms with van der Waals surface area (Å²) in [5.74, 6) is 0.680. The van der Waals surface area contributed by atoms with Gasteiger partial charge in [0.25, 0.3) is 0 Å². The molecule has 1 aliphatic rings. The molecule has 0 N–H and O–H groups in total. The zero-order valence-corrected chi connectivity index (χ0v) is 12.1. The van der Waals surface area contributed by atoms with Crippen molar-refractivity contribution < 1.29 is 14.3 Å². The maximum atomic E-state index is 11.9. The fourth-order valence-corrected chi connectivity index (χ4v) is 3.92. The van der Waals surface area contributed by atoms with Gasteiger partial charge in [-0.1, -0.05) is 6.07 Å².